The topological polar surface area (TPSA) is 55.1 Å². The Morgan fingerprint density at radius 1 is 1.19 bits per heavy atom. The maximum absolute atomic E-state index is 13.0. The molecule has 0 aliphatic carbocycles. The molecular weight excluding hydrogens is 386 g/mol. The zero-order valence-corrected chi connectivity index (χ0v) is 20.4. The number of piperidine rings is 1. The Morgan fingerprint density at radius 2 is 1.87 bits per heavy atom. The van der Waals surface area contributed by atoms with E-state index in [1.807, 2.05) is 18.5 Å². The predicted octanol–water partition coefficient (Wildman–Crippen LogP) is 4.60. The van der Waals surface area contributed by atoms with Crippen molar-refractivity contribution in [2.75, 3.05) is 7.05 Å². The Labute approximate surface area is 188 Å². The van der Waals surface area contributed by atoms with E-state index >= 15 is 0 Å². The molecule has 0 radical (unpaired) electrons. The molecule has 1 amide bonds. The van der Waals surface area contributed by atoms with Crippen molar-refractivity contribution in [2.45, 2.75) is 103 Å². The minimum absolute atomic E-state index is 0.0656. The third-order valence-corrected chi connectivity index (χ3v) is 7.34. The van der Waals surface area contributed by atoms with E-state index in [0.29, 0.717) is 18.5 Å². The molecule has 172 valence electrons. The van der Waals surface area contributed by atoms with Gasteiger partial charge in [0, 0.05) is 47.4 Å². The Hall–Kier alpha value is -2.08. The van der Waals surface area contributed by atoms with Crippen molar-refractivity contribution in [2.24, 2.45) is 0 Å². The van der Waals surface area contributed by atoms with E-state index in [1.165, 1.54) is 0 Å². The highest BCUT2D eigenvalue weighted by Crippen LogP contribution is 2.36. The molecule has 0 saturated carbocycles. The standard InChI is InChI=1S/C25H41N5O/c1-8-21(30-14-10-12-26-30)15-19(2)29-13-9-11-22(29)16-23(31)27-20-17-24(3,4)28(7)25(5,6)18-20/h9-14,19-21H,8,15-18H2,1-7H3,(H,27,31). The third kappa shape index (κ3) is 5.40. The van der Waals surface area contributed by atoms with Gasteiger partial charge in [-0.05, 0) is 85.5 Å². The Kier molecular flexibility index (Phi) is 6.99. The van der Waals surface area contributed by atoms with Gasteiger partial charge in [-0.3, -0.25) is 14.4 Å². The number of aromatic nitrogens is 3. The van der Waals surface area contributed by atoms with E-state index in [2.05, 4.69) is 91.5 Å². The number of carbonyl (C=O) groups is 1. The van der Waals surface area contributed by atoms with Gasteiger partial charge in [0.1, 0.15) is 0 Å². The SMILES string of the molecule is CCC(CC(C)n1cccc1CC(=O)NC1CC(C)(C)N(C)C(C)(C)C1)n1cccn1. The first-order chi connectivity index (χ1) is 14.5. The lowest BCUT2D eigenvalue weighted by Crippen LogP contribution is -2.62. The molecule has 3 heterocycles. The van der Waals surface area contributed by atoms with Gasteiger partial charge < -0.3 is 9.88 Å². The highest BCUT2D eigenvalue weighted by atomic mass is 16.1. The van der Waals surface area contributed by atoms with Gasteiger partial charge >= 0.3 is 0 Å². The molecule has 1 aliphatic rings. The van der Waals surface area contributed by atoms with E-state index in [1.54, 1.807) is 0 Å². The molecule has 6 heteroatoms. The highest BCUT2D eigenvalue weighted by Gasteiger charge is 2.43. The Morgan fingerprint density at radius 3 is 2.45 bits per heavy atom. The van der Waals surface area contributed by atoms with Gasteiger partial charge in [-0.2, -0.15) is 5.10 Å². The van der Waals surface area contributed by atoms with Crippen molar-refractivity contribution in [3.8, 4) is 0 Å². The summed E-state index contributed by atoms with van der Waals surface area (Å²) in [5, 5.41) is 7.76. The molecule has 0 bridgehead atoms. The van der Waals surface area contributed by atoms with Crippen LogP contribution in [0.25, 0.3) is 0 Å². The van der Waals surface area contributed by atoms with Crippen LogP contribution >= 0.6 is 0 Å². The van der Waals surface area contributed by atoms with Gasteiger partial charge in [0.05, 0.1) is 12.5 Å². The summed E-state index contributed by atoms with van der Waals surface area (Å²) in [6.07, 6.45) is 10.4. The molecular formula is C25H41N5O. The van der Waals surface area contributed by atoms with Gasteiger partial charge in [-0.15, -0.1) is 0 Å². The zero-order valence-electron chi connectivity index (χ0n) is 20.4. The largest absolute Gasteiger partial charge is 0.353 e. The monoisotopic (exact) mass is 427 g/mol. The third-order valence-electron chi connectivity index (χ3n) is 7.34. The van der Waals surface area contributed by atoms with E-state index < -0.39 is 0 Å². The fraction of sp³-hybridized carbons (Fsp3) is 0.680. The van der Waals surface area contributed by atoms with Crippen LogP contribution in [0.5, 0.6) is 0 Å². The van der Waals surface area contributed by atoms with Gasteiger partial charge in [-0.25, -0.2) is 0 Å². The molecule has 2 atom stereocenters. The molecule has 2 aromatic heterocycles. The van der Waals surface area contributed by atoms with Crippen molar-refractivity contribution in [1.29, 1.82) is 0 Å². The van der Waals surface area contributed by atoms with Gasteiger partial charge in [0.25, 0.3) is 0 Å². The lowest BCUT2D eigenvalue weighted by molar-refractivity contribution is -0.122. The van der Waals surface area contributed by atoms with Crippen LogP contribution in [0.4, 0.5) is 0 Å². The fourth-order valence-electron chi connectivity index (χ4n) is 5.39. The predicted molar refractivity (Wildman–Crippen MR) is 126 cm³/mol. The first-order valence-electron chi connectivity index (χ1n) is 11.7. The van der Waals surface area contributed by atoms with E-state index in [-0.39, 0.29) is 23.0 Å². The van der Waals surface area contributed by atoms with Gasteiger partial charge in [-0.1, -0.05) is 6.92 Å². The van der Waals surface area contributed by atoms with Crippen molar-refractivity contribution in [1.82, 2.24) is 24.6 Å². The maximum Gasteiger partial charge on any atom is 0.226 e. The van der Waals surface area contributed by atoms with E-state index in [0.717, 1.165) is 31.4 Å². The van der Waals surface area contributed by atoms with E-state index in [4.69, 9.17) is 0 Å². The normalized spacial score (nSPS) is 21.0. The first kappa shape index (κ1) is 23.6. The molecule has 2 aromatic rings. The summed E-state index contributed by atoms with van der Waals surface area (Å²) in [4.78, 5) is 15.4. The second-order valence-corrected chi connectivity index (χ2v) is 10.6. The number of nitrogens with zero attached hydrogens (tertiary/aromatic N) is 4. The molecule has 31 heavy (non-hydrogen) atoms. The Balaban J connectivity index is 1.62. The number of hydrogen-bond acceptors (Lipinski definition) is 3. The second kappa shape index (κ2) is 9.19. The van der Waals surface area contributed by atoms with Crippen molar-refractivity contribution in [3.05, 3.63) is 42.5 Å². The average molecular weight is 428 g/mol. The smallest absolute Gasteiger partial charge is 0.226 e. The van der Waals surface area contributed by atoms with Gasteiger partial charge in [0.15, 0.2) is 0 Å². The number of carbonyl (C=O) groups excluding carboxylic acids is 1. The van der Waals surface area contributed by atoms with Crippen LogP contribution in [0.15, 0.2) is 36.8 Å². The summed E-state index contributed by atoms with van der Waals surface area (Å²) < 4.78 is 4.31. The molecule has 0 aromatic carbocycles. The van der Waals surface area contributed by atoms with Crippen LogP contribution < -0.4 is 5.32 Å². The van der Waals surface area contributed by atoms with Crippen molar-refractivity contribution >= 4 is 5.91 Å². The minimum atomic E-state index is 0.0656. The molecule has 1 saturated heterocycles. The lowest BCUT2D eigenvalue weighted by atomic mass is 9.77. The lowest BCUT2D eigenvalue weighted by Gasteiger charge is -2.53. The quantitative estimate of drug-likeness (QED) is 0.670. The van der Waals surface area contributed by atoms with E-state index in [9.17, 15) is 4.79 Å². The molecule has 1 aliphatic heterocycles. The van der Waals surface area contributed by atoms with Crippen LogP contribution in [0, 0.1) is 0 Å². The van der Waals surface area contributed by atoms with Crippen LogP contribution in [0.2, 0.25) is 0 Å². The van der Waals surface area contributed by atoms with Crippen LogP contribution in [0.1, 0.15) is 85.0 Å². The molecule has 2 unspecified atom stereocenters. The molecule has 1 fully saturated rings. The number of nitrogens with one attached hydrogen (secondary N) is 1. The van der Waals surface area contributed by atoms with Gasteiger partial charge in [0.2, 0.25) is 5.91 Å². The second-order valence-electron chi connectivity index (χ2n) is 10.6. The molecule has 3 rings (SSSR count). The summed E-state index contributed by atoms with van der Waals surface area (Å²) in [5.74, 6) is 0.118. The first-order valence-corrected chi connectivity index (χ1v) is 11.7. The minimum Gasteiger partial charge on any atom is -0.353 e. The average Bonchev–Trinajstić information content (AvgIpc) is 3.35. The Bertz CT molecular complexity index is 833. The summed E-state index contributed by atoms with van der Waals surface area (Å²) in [6, 6.07) is 6.97. The number of hydrogen-bond donors (Lipinski definition) is 1. The molecule has 0 spiro atoms. The highest BCUT2D eigenvalue weighted by molar-refractivity contribution is 5.78. The van der Waals surface area contributed by atoms with Crippen LogP contribution in [0.3, 0.4) is 0 Å². The van der Waals surface area contributed by atoms with Crippen molar-refractivity contribution in [3.63, 3.8) is 0 Å². The van der Waals surface area contributed by atoms with Crippen molar-refractivity contribution < 1.29 is 4.79 Å². The molecule has 6 nitrogen and oxygen atoms in total. The van der Waals surface area contributed by atoms with Crippen LogP contribution in [-0.4, -0.2) is 49.3 Å². The maximum atomic E-state index is 13.0. The summed E-state index contributed by atoms with van der Waals surface area (Å²) in [6.45, 7) is 13.5. The zero-order chi connectivity index (χ0) is 22.8. The number of amides is 1. The summed E-state index contributed by atoms with van der Waals surface area (Å²) in [5.41, 5.74) is 1.21. The molecule has 1 N–H and O–H groups in total. The summed E-state index contributed by atoms with van der Waals surface area (Å²) >= 11 is 0. The van der Waals surface area contributed by atoms with Crippen LogP contribution in [-0.2, 0) is 11.2 Å². The fourth-order valence-corrected chi connectivity index (χ4v) is 5.39. The summed E-state index contributed by atoms with van der Waals surface area (Å²) in [7, 11) is 2.19. The number of likely N-dealkylation sites (tertiary alicyclic amines) is 1. The number of rotatable bonds is 8.